The third-order valence-electron chi connectivity index (χ3n) is 3.86. The summed E-state index contributed by atoms with van der Waals surface area (Å²) >= 11 is 2.09. The van der Waals surface area contributed by atoms with Crippen LogP contribution in [0, 0.1) is 16.3 Å². The zero-order valence-electron chi connectivity index (χ0n) is 13.8. The molecule has 3 rings (SSSR count). The lowest BCUT2D eigenvalue weighted by atomic mass is 10.0. The predicted octanol–water partition coefficient (Wildman–Crippen LogP) is 5.58. The Labute approximate surface area is 162 Å². The van der Waals surface area contributed by atoms with Crippen molar-refractivity contribution in [1.82, 2.24) is 0 Å². The average Bonchev–Trinajstić information content (AvgIpc) is 2.61. The summed E-state index contributed by atoms with van der Waals surface area (Å²) in [7, 11) is 0.0873. The first-order valence-corrected chi connectivity index (χ1v) is 9.85. The highest BCUT2D eigenvalue weighted by molar-refractivity contribution is 14.1. The Balaban J connectivity index is 2.25. The van der Waals surface area contributed by atoms with Gasteiger partial charge in [-0.15, -0.1) is 0 Å². The molecule has 128 valence electrons. The van der Waals surface area contributed by atoms with Crippen molar-refractivity contribution in [3.63, 3.8) is 0 Å². The van der Waals surface area contributed by atoms with Gasteiger partial charge in [0.1, 0.15) is 11.6 Å². The predicted molar refractivity (Wildman–Crippen MR) is 107 cm³/mol. The van der Waals surface area contributed by atoms with Crippen LogP contribution in [0.25, 0.3) is 11.1 Å². The fraction of sp³-hybridized carbons (Fsp3) is 0.100. The van der Waals surface area contributed by atoms with E-state index >= 15 is 0 Å². The molecule has 2 nitrogen and oxygen atoms in total. The zero-order valence-corrected chi connectivity index (χ0v) is 16.7. The monoisotopic (exact) mass is 466 g/mol. The molecule has 0 N–H and O–H groups in total. The van der Waals surface area contributed by atoms with Crippen molar-refractivity contribution in [2.24, 2.45) is 0 Å². The quantitative estimate of drug-likeness (QED) is 0.470. The summed E-state index contributed by atoms with van der Waals surface area (Å²) in [6.07, 6.45) is 0. The maximum atomic E-state index is 14.6. The van der Waals surface area contributed by atoms with Crippen molar-refractivity contribution in [3.05, 3.63) is 75.6 Å². The molecule has 25 heavy (non-hydrogen) atoms. The van der Waals surface area contributed by atoms with E-state index in [2.05, 4.69) is 22.6 Å². The van der Waals surface area contributed by atoms with Gasteiger partial charge >= 0.3 is 0 Å². The Morgan fingerprint density at radius 1 is 0.960 bits per heavy atom. The molecule has 1 atom stereocenters. The number of methoxy groups -OCH3 is 1. The molecule has 0 radical (unpaired) electrons. The summed E-state index contributed by atoms with van der Waals surface area (Å²) in [5.41, 5.74) is 2.04. The van der Waals surface area contributed by atoms with Gasteiger partial charge < -0.3 is 4.74 Å². The topological polar surface area (TPSA) is 26.3 Å². The van der Waals surface area contributed by atoms with Gasteiger partial charge in [-0.05, 0) is 65.9 Å². The molecule has 3 aromatic carbocycles. The molecule has 0 unspecified atom stereocenters. The van der Waals surface area contributed by atoms with Crippen LogP contribution in [0.4, 0.5) is 4.39 Å². The number of benzene rings is 3. The molecule has 0 aliphatic rings. The minimum atomic E-state index is -1.45. The van der Waals surface area contributed by atoms with Crippen molar-refractivity contribution in [2.75, 3.05) is 7.11 Å². The number of halogens is 2. The first kappa shape index (κ1) is 18.1. The van der Waals surface area contributed by atoms with Crippen LogP contribution in [0.3, 0.4) is 0 Å². The molecule has 0 aliphatic carbocycles. The van der Waals surface area contributed by atoms with Crippen LogP contribution >= 0.6 is 22.6 Å². The first-order valence-electron chi connectivity index (χ1n) is 7.62. The Hall–Kier alpha value is -1.73. The molecule has 0 aromatic heterocycles. The second kappa shape index (κ2) is 7.66. The van der Waals surface area contributed by atoms with Gasteiger partial charge in [0.2, 0.25) is 0 Å². The lowest BCUT2D eigenvalue weighted by Crippen LogP contribution is -2.01. The van der Waals surface area contributed by atoms with E-state index in [0.29, 0.717) is 26.7 Å². The summed E-state index contributed by atoms with van der Waals surface area (Å²) < 4.78 is 34.0. The molecule has 0 fully saturated rings. The van der Waals surface area contributed by atoms with Crippen molar-refractivity contribution < 1.29 is 13.3 Å². The smallest absolute Gasteiger partial charge is 0.132 e. The van der Waals surface area contributed by atoms with Gasteiger partial charge in [0.05, 0.1) is 22.8 Å². The van der Waals surface area contributed by atoms with Crippen molar-refractivity contribution in [1.29, 1.82) is 0 Å². The third-order valence-corrected chi connectivity index (χ3v) is 6.19. The summed E-state index contributed by atoms with van der Waals surface area (Å²) in [4.78, 5) is 1.21. The second-order valence-electron chi connectivity index (χ2n) is 5.51. The van der Waals surface area contributed by atoms with Crippen LogP contribution in [0.5, 0.6) is 5.75 Å². The van der Waals surface area contributed by atoms with Crippen LogP contribution in [0.1, 0.15) is 5.56 Å². The molecule has 0 aliphatic heterocycles. The maximum Gasteiger partial charge on any atom is 0.132 e. The van der Waals surface area contributed by atoms with Gasteiger partial charge in [0, 0.05) is 19.6 Å². The van der Waals surface area contributed by atoms with Crippen LogP contribution in [0.2, 0.25) is 0 Å². The Kier molecular flexibility index (Phi) is 5.54. The molecule has 3 aromatic rings. The Morgan fingerprint density at radius 2 is 1.64 bits per heavy atom. The number of ether oxygens (including phenoxy) is 1. The summed E-state index contributed by atoms with van der Waals surface area (Å²) in [6.45, 7) is 1.98. The normalized spacial score (nSPS) is 12.0. The largest absolute Gasteiger partial charge is 0.496 e. The highest BCUT2D eigenvalue weighted by atomic mass is 127. The minimum absolute atomic E-state index is 0.362. The molecule has 5 heteroatoms. The molecule has 0 saturated heterocycles. The van der Waals surface area contributed by atoms with Crippen LogP contribution in [-0.2, 0) is 10.8 Å². The summed E-state index contributed by atoms with van der Waals surface area (Å²) in [5, 5.41) is 0. The molecular weight excluding hydrogens is 450 g/mol. The van der Waals surface area contributed by atoms with E-state index in [9.17, 15) is 8.60 Å². The lowest BCUT2D eigenvalue weighted by molar-refractivity contribution is 0.415. The van der Waals surface area contributed by atoms with Crippen molar-refractivity contribution in [2.45, 2.75) is 16.7 Å². The van der Waals surface area contributed by atoms with E-state index in [4.69, 9.17) is 4.74 Å². The number of aryl methyl sites for hydroxylation is 1. The van der Waals surface area contributed by atoms with Gasteiger partial charge in [-0.2, -0.15) is 0 Å². The van der Waals surface area contributed by atoms with Gasteiger partial charge in [-0.1, -0.05) is 29.8 Å². The Bertz CT molecular complexity index is 919. The SMILES string of the molecule is COc1cccc([S@@](=O)c2ccc(C)cc2)c1-c1c(F)cccc1I. The lowest BCUT2D eigenvalue weighted by Gasteiger charge is -2.16. The minimum Gasteiger partial charge on any atom is -0.496 e. The average molecular weight is 466 g/mol. The number of rotatable bonds is 4. The van der Waals surface area contributed by atoms with Crippen molar-refractivity contribution >= 4 is 33.4 Å². The van der Waals surface area contributed by atoms with E-state index in [-0.39, 0.29) is 5.82 Å². The van der Waals surface area contributed by atoms with Gasteiger partial charge in [-0.25, -0.2) is 8.60 Å². The standard InChI is InChI=1S/C20H16FIO2S/c1-13-9-11-14(12-10-13)25(23)18-8-4-7-17(24-2)20(18)19-15(21)5-3-6-16(19)22/h3-12H,1-2H3/t25-/m0/s1. The third kappa shape index (κ3) is 3.62. The maximum absolute atomic E-state index is 14.6. The van der Waals surface area contributed by atoms with E-state index in [1.807, 2.05) is 37.3 Å². The fourth-order valence-corrected chi connectivity index (χ4v) is 4.57. The fourth-order valence-electron chi connectivity index (χ4n) is 2.61. The summed E-state index contributed by atoms with van der Waals surface area (Å²) in [6, 6.07) is 17.7. The van der Waals surface area contributed by atoms with E-state index in [1.165, 1.54) is 13.2 Å². The second-order valence-corrected chi connectivity index (χ2v) is 8.12. The Morgan fingerprint density at radius 3 is 2.28 bits per heavy atom. The van der Waals surface area contributed by atoms with E-state index in [1.54, 1.807) is 24.3 Å². The molecule has 0 heterocycles. The summed E-state index contributed by atoms with van der Waals surface area (Å²) in [5.74, 6) is 0.138. The highest BCUT2D eigenvalue weighted by Crippen LogP contribution is 2.40. The van der Waals surface area contributed by atoms with Crippen LogP contribution in [0.15, 0.2) is 70.5 Å². The van der Waals surface area contributed by atoms with Crippen LogP contribution in [-0.4, -0.2) is 11.3 Å². The molecular formula is C20H16FIO2S. The number of hydrogen-bond acceptors (Lipinski definition) is 2. The molecule has 0 spiro atoms. The van der Waals surface area contributed by atoms with Gasteiger partial charge in [0.15, 0.2) is 0 Å². The number of hydrogen-bond donors (Lipinski definition) is 0. The van der Waals surface area contributed by atoms with Gasteiger partial charge in [0.25, 0.3) is 0 Å². The first-order chi connectivity index (χ1) is 12.0. The highest BCUT2D eigenvalue weighted by Gasteiger charge is 2.22. The van der Waals surface area contributed by atoms with Crippen LogP contribution < -0.4 is 4.74 Å². The van der Waals surface area contributed by atoms with E-state index in [0.717, 1.165) is 9.13 Å². The van der Waals surface area contributed by atoms with Crippen molar-refractivity contribution in [3.8, 4) is 16.9 Å². The van der Waals surface area contributed by atoms with Gasteiger partial charge in [-0.3, -0.25) is 0 Å². The van der Waals surface area contributed by atoms with E-state index < -0.39 is 10.8 Å². The molecule has 0 saturated carbocycles. The zero-order chi connectivity index (χ0) is 18.0. The molecule has 0 bridgehead atoms. The molecule has 0 amide bonds.